The van der Waals surface area contributed by atoms with Crippen LogP contribution in [0, 0.1) is 12.7 Å². The van der Waals surface area contributed by atoms with Gasteiger partial charge in [-0.15, -0.1) is 0 Å². The number of hydrogen-bond donors (Lipinski definition) is 1. The Morgan fingerprint density at radius 2 is 1.88 bits per heavy atom. The van der Waals surface area contributed by atoms with Crippen LogP contribution in [-0.2, 0) is 6.54 Å². The summed E-state index contributed by atoms with van der Waals surface area (Å²) in [6.45, 7) is 1.87. The molecule has 134 valence electrons. The molecule has 5 heteroatoms. The fourth-order valence-electron chi connectivity index (χ4n) is 2.79. The minimum absolute atomic E-state index is 0.00533. The highest BCUT2D eigenvalue weighted by Gasteiger charge is 2.24. The van der Waals surface area contributed by atoms with Crippen molar-refractivity contribution >= 4 is 5.91 Å². The lowest BCUT2D eigenvalue weighted by atomic mass is 10.1. The molecule has 1 unspecified atom stereocenters. The predicted molar refractivity (Wildman–Crippen MR) is 96.0 cm³/mol. The maximum absolute atomic E-state index is 14.4. The van der Waals surface area contributed by atoms with E-state index in [1.54, 1.807) is 31.2 Å². The molecule has 0 aliphatic carbocycles. The molecule has 0 spiro atoms. The quantitative estimate of drug-likeness (QED) is 0.726. The highest BCUT2D eigenvalue weighted by atomic mass is 19.1. The first-order valence-corrected chi connectivity index (χ1v) is 8.36. The van der Waals surface area contributed by atoms with Gasteiger partial charge in [0.2, 0.25) is 0 Å². The molecule has 0 aliphatic rings. The fourth-order valence-corrected chi connectivity index (χ4v) is 2.79. The second-order valence-corrected chi connectivity index (χ2v) is 6.14. The molecule has 0 bridgehead atoms. The molecule has 1 amide bonds. The molecule has 1 N–H and O–H groups in total. The molecule has 0 fully saturated rings. The van der Waals surface area contributed by atoms with Gasteiger partial charge in [-0.05, 0) is 36.2 Å². The molecular formula is C21H20FNO3. The lowest BCUT2D eigenvalue weighted by Gasteiger charge is -2.25. The Bertz CT molecular complexity index is 862. The molecule has 0 saturated heterocycles. The van der Waals surface area contributed by atoms with Crippen LogP contribution in [0.3, 0.4) is 0 Å². The summed E-state index contributed by atoms with van der Waals surface area (Å²) in [6.07, 6.45) is 0.466. The Morgan fingerprint density at radius 3 is 2.58 bits per heavy atom. The SMILES string of the molecule is Cc1cccc(C(=O)N(Cc2ccccc2)CC(O)c2ccco2)c1F. The van der Waals surface area contributed by atoms with E-state index in [9.17, 15) is 14.3 Å². The van der Waals surface area contributed by atoms with Crippen LogP contribution in [0.1, 0.15) is 33.3 Å². The van der Waals surface area contributed by atoms with Gasteiger partial charge in [0.15, 0.2) is 0 Å². The first-order valence-electron chi connectivity index (χ1n) is 8.36. The number of amides is 1. The number of carbonyl (C=O) groups is 1. The average Bonchev–Trinajstić information content (AvgIpc) is 3.18. The number of aliphatic hydroxyl groups is 1. The Balaban J connectivity index is 1.88. The molecule has 1 aromatic heterocycles. The number of aliphatic hydroxyl groups excluding tert-OH is 1. The van der Waals surface area contributed by atoms with Crippen LogP contribution in [0.5, 0.6) is 0 Å². The van der Waals surface area contributed by atoms with Gasteiger partial charge in [0.1, 0.15) is 17.7 Å². The van der Waals surface area contributed by atoms with E-state index in [-0.39, 0.29) is 18.7 Å². The number of benzene rings is 2. The van der Waals surface area contributed by atoms with E-state index in [1.165, 1.54) is 17.2 Å². The van der Waals surface area contributed by atoms with Gasteiger partial charge in [0.05, 0.1) is 18.4 Å². The molecule has 3 aromatic rings. The van der Waals surface area contributed by atoms with E-state index in [0.29, 0.717) is 11.3 Å². The number of aryl methyl sites for hydroxylation is 1. The van der Waals surface area contributed by atoms with Crippen molar-refractivity contribution in [3.8, 4) is 0 Å². The van der Waals surface area contributed by atoms with Crippen LogP contribution < -0.4 is 0 Å². The van der Waals surface area contributed by atoms with Crippen molar-refractivity contribution in [3.63, 3.8) is 0 Å². The van der Waals surface area contributed by atoms with Crippen molar-refractivity contribution in [3.05, 3.63) is 95.2 Å². The minimum Gasteiger partial charge on any atom is -0.467 e. The number of carbonyl (C=O) groups excluding carboxylic acids is 1. The fraction of sp³-hybridized carbons (Fsp3) is 0.190. The summed E-state index contributed by atoms with van der Waals surface area (Å²) in [5.41, 5.74) is 1.29. The second kappa shape index (κ2) is 7.97. The normalized spacial score (nSPS) is 12.0. The molecule has 1 heterocycles. The molecule has 26 heavy (non-hydrogen) atoms. The third-order valence-electron chi connectivity index (χ3n) is 4.19. The first kappa shape index (κ1) is 17.9. The Morgan fingerprint density at radius 1 is 1.12 bits per heavy atom. The van der Waals surface area contributed by atoms with Gasteiger partial charge in [-0.2, -0.15) is 0 Å². The molecular weight excluding hydrogens is 333 g/mol. The van der Waals surface area contributed by atoms with Gasteiger partial charge in [-0.1, -0.05) is 42.5 Å². The monoisotopic (exact) mass is 353 g/mol. The summed E-state index contributed by atoms with van der Waals surface area (Å²) >= 11 is 0. The lowest BCUT2D eigenvalue weighted by Crippen LogP contribution is -2.35. The van der Waals surface area contributed by atoms with Gasteiger partial charge in [0, 0.05) is 6.54 Å². The van der Waals surface area contributed by atoms with Gasteiger partial charge in [0.25, 0.3) is 5.91 Å². The molecule has 0 saturated carbocycles. The molecule has 2 aromatic carbocycles. The largest absolute Gasteiger partial charge is 0.467 e. The number of halogens is 1. The van der Waals surface area contributed by atoms with E-state index in [2.05, 4.69) is 0 Å². The summed E-state index contributed by atoms with van der Waals surface area (Å²) in [4.78, 5) is 14.4. The zero-order valence-electron chi connectivity index (χ0n) is 14.4. The van der Waals surface area contributed by atoms with Crippen molar-refractivity contribution in [2.24, 2.45) is 0 Å². The summed E-state index contributed by atoms with van der Waals surface area (Å²) in [5.74, 6) is -0.649. The zero-order chi connectivity index (χ0) is 18.5. The minimum atomic E-state index is -0.995. The van der Waals surface area contributed by atoms with E-state index in [0.717, 1.165) is 5.56 Å². The van der Waals surface area contributed by atoms with Crippen molar-refractivity contribution in [2.45, 2.75) is 19.6 Å². The maximum atomic E-state index is 14.4. The van der Waals surface area contributed by atoms with Crippen LogP contribution in [0.4, 0.5) is 4.39 Å². The summed E-state index contributed by atoms with van der Waals surface area (Å²) in [7, 11) is 0. The Hall–Kier alpha value is -2.92. The molecule has 0 radical (unpaired) electrons. The molecule has 3 rings (SSSR count). The molecule has 4 nitrogen and oxygen atoms in total. The first-order chi connectivity index (χ1) is 12.6. The van der Waals surface area contributed by atoms with Crippen LogP contribution in [0.15, 0.2) is 71.3 Å². The van der Waals surface area contributed by atoms with Crippen LogP contribution in [0.2, 0.25) is 0 Å². The lowest BCUT2D eigenvalue weighted by molar-refractivity contribution is 0.0559. The van der Waals surface area contributed by atoms with Crippen LogP contribution >= 0.6 is 0 Å². The predicted octanol–water partition coefficient (Wildman–Crippen LogP) is 4.10. The van der Waals surface area contributed by atoms with Gasteiger partial charge in [-0.3, -0.25) is 4.79 Å². The third-order valence-corrected chi connectivity index (χ3v) is 4.19. The summed E-state index contributed by atoms with van der Waals surface area (Å²) in [6, 6.07) is 17.4. The van der Waals surface area contributed by atoms with E-state index >= 15 is 0 Å². The van der Waals surface area contributed by atoms with E-state index in [4.69, 9.17) is 4.42 Å². The highest BCUT2D eigenvalue weighted by Crippen LogP contribution is 2.20. The molecule has 1 atom stereocenters. The second-order valence-electron chi connectivity index (χ2n) is 6.14. The zero-order valence-corrected chi connectivity index (χ0v) is 14.4. The number of rotatable bonds is 6. The number of hydrogen-bond acceptors (Lipinski definition) is 3. The topological polar surface area (TPSA) is 53.7 Å². The molecule has 0 aliphatic heterocycles. The van der Waals surface area contributed by atoms with Crippen LogP contribution in [0.25, 0.3) is 0 Å². The summed E-state index contributed by atoms with van der Waals surface area (Å²) < 4.78 is 19.6. The average molecular weight is 353 g/mol. The maximum Gasteiger partial charge on any atom is 0.257 e. The third kappa shape index (κ3) is 4.00. The van der Waals surface area contributed by atoms with Crippen molar-refractivity contribution in [1.82, 2.24) is 4.90 Å². The van der Waals surface area contributed by atoms with Crippen molar-refractivity contribution in [2.75, 3.05) is 6.54 Å². The van der Waals surface area contributed by atoms with Crippen LogP contribution in [-0.4, -0.2) is 22.5 Å². The standard InChI is InChI=1S/C21H20FNO3/c1-15-7-5-10-17(20(15)22)21(25)23(13-16-8-3-2-4-9-16)14-18(24)19-11-6-12-26-19/h2-12,18,24H,13-14H2,1H3. The van der Waals surface area contributed by atoms with Gasteiger partial charge >= 0.3 is 0 Å². The van der Waals surface area contributed by atoms with Crippen molar-refractivity contribution in [1.29, 1.82) is 0 Å². The Labute approximate surface area is 151 Å². The highest BCUT2D eigenvalue weighted by molar-refractivity contribution is 5.94. The Kier molecular flexibility index (Phi) is 5.49. The van der Waals surface area contributed by atoms with E-state index in [1.807, 2.05) is 30.3 Å². The number of furan rings is 1. The number of nitrogens with zero attached hydrogens (tertiary/aromatic N) is 1. The van der Waals surface area contributed by atoms with Gasteiger partial charge < -0.3 is 14.4 Å². The van der Waals surface area contributed by atoms with Gasteiger partial charge in [-0.25, -0.2) is 4.39 Å². The van der Waals surface area contributed by atoms with Crippen molar-refractivity contribution < 1.29 is 18.7 Å². The van der Waals surface area contributed by atoms with E-state index < -0.39 is 17.8 Å². The smallest absolute Gasteiger partial charge is 0.257 e. The summed E-state index contributed by atoms with van der Waals surface area (Å²) in [5, 5.41) is 10.4.